The highest BCUT2D eigenvalue weighted by molar-refractivity contribution is 14.0. The van der Waals surface area contributed by atoms with Crippen molar-refractivity contribution in [3.8, 4) is 0 Å². The third-order valence-corrected chi connectivity index (χ3v) is 2.83. The Bertz CT molecular complexity index is 398. The Kier molecular flexibility index (Phi) is 13.2. The third kappa shape index (κ3) is 10.8. The molecule has 0 spiro atoms. The Morgan fingerprint density at radius 1 is 1.27 bits per heavy atom. The molecule has 0 amide bonds. The maximum absolute atomic E-state index is 5.54. The lowest BCUT2D eigenvalue weighted by molar-refractivity contribution is 0.108. The second-order valence-corrected chi connectivity index (χ2v) is 5.32. The average molecular weight is 420 g/mol. The molecule has 1 rings (SSSR count). The molecule has 1 heterocycles. The Balaban J connectivity index is 0.00000441. The number of guanidine groups is 1. The number of nitrogens with one attached hydrogen (secondary N) is 2. The van der Waals surface area contributed by atoms with E-state index in [1.807, 2.05) is 24.4 Å². The first kappa shape index (κ1) is 21.1. The van der Waals surface area contributed by atoms with Crippen LogP contribution in [0.1, 0.15) is 26.0 Å². The molecule has 0 radical (unpaired) electrons. The fourth-order valence-corrected chi connectivity index (χ4v) is 1.78. The second kappa shape index (κ2) is 13.8. The molecule has 2 N–H and O–H groups in total. The highest BCUT2D eigenvalue weighted by Crippen LogP contribution is 1.94. The molecule has 0 unspecified atom stereocenters. The van der Waals surface area contributed by atoms with Crippen molar-refractivity contribution in [2.24, 2.45) is 10.9 Å². The molecular weight excluding hydrogens is 391 g/mol. The molecule has 0 bridgehead atoms. The maximum atomic E-state index is 5.54. The summed E-state index contributed by atoms with van der Waals surface area (Å²) in [5, 5.41) is 6.57. The zero-order valence-corrected chi connectivity index (χ0v) is 16.2. The average Bonchev–Trinajstić information content (AvgIpc) is 2.49. The van der Waals surface area contributed by atoms with Gasteiger partial charge in [0.05, 0.1) is 0 Å². The summed E-state index contributed by atoms with van der Waals surface area (Å²) in [6.07, 6.45) is 3.69. The first-order valence-electron chi connectivity index (χ1n) is 7.64. The molecule has 126 valence electrons. The van der Waals surface area contributed by atoms with Gasteiger partial charge in [0.2, 0.25) is 0 Å². The number of hydrogen-bond acceptors (Lipinski definition) is 3. The van der Waals surface area contributed by atoms with Gasteiger partial charge in [-0.25, -0.2) is 0 Å². The monoisotopic (exact) mass is 420 g/mol. The lowest BCUT2D eigenvalue weighted by Gasteiger charge is -2.12. The van der Waals surface area contributed by atoms with Crippen LogP contribution in [-0.2, 0) is 11.2 Å². The lowest BCUT2D eigenvalue weighted by atomic mass is 10.2. The number of ether oxygens (including phenoxy) is 1. The summed E-state index contributed by atoms with van der Waals surface area (Å²) >= 11 is 0. The number of hydrogen-bond donors (Lipinski definition) is 2. The highest BCUT2D eigenvalue weighted by atomic mass is 127. The first-order chi connectivity index (χ1) is 10.2. The van der Waals surface area contributed by atoms with E-state index >= 15 is 0 Å². The Hall–Kier alpha value is -0.890. The normalized spacial score (nSPS) is 11.2. The summed E-state index contributed by atoms with van der Waals surface area (Å²) in [5.74, 6) is 1.42. The first-order valence-corrected chi connectivity index (χ1v) is 7.64. The Morgan fingerprint density at radius 3 is 2.68 bits per heavy atom. The van der Waals surface area contributed by atoms with Crippen LogP contribution in [-0.4, -0.2) is 44.3 Å². The SMILES string of the molecule is CN=C(NCCCOCC(C)C)NCCc1ccccn1.I. The molecule has 0 atom stereocenters. The number of rotatable bonds is 9. The van der Waals surface area contributed by atoms with Gasteiger partial charge < -0.3 is 15.4 Å². The summed E-state index contributed by atoms with van der Waals surface area (Å²) in [6.45, 7) is 7.62. The number of nitrogens with zero attached hydrogens (tertiary/aromatic N) is 2. The van der Waals surface area contributed by atoms with Gasteiger partial charge in [-0.3, -0.25) is 9.98 Å². The van der Waals surface area contributed by atoms with Crippen molar-refractivity contribution in [2.45, 2.75) is 26.7 Å². The second-order valence-electron chi connectivity index (χ2n) is 5.32. The van der Waals surface area contributed by atoms with Crippen LogP contribution in [0.5, 0.6) is 0 Å². The van der Waals surface area contributed by atoms with Gasteiger partial charge >= 0.3 is 0 Å². The van der Waals surface area contributed by atoms with Gasteiger partial charge in [-0.1, -0.05) is 19.9 Å². The molecule has 0 aliphatic heterocycles. The summed E-state index contributed by atoms with van der Waals surface area (Å²) < 4.78 is 5.54. The standard InChI is InChI=1S/C16H28N4O.HI/c1-14(2)13-21-12-6-10-19-16(17-3)20-11-8-15-7-4-5-9-18-15;/h4-5,7,9,14H,6,8,10-13H2,1-3H3,(H2,17,19,20);1H. The van der Waals surface area contributed by atoms with Crippen molar-refractivity contribution in [1.29, 1.82) is 0 Å². The van der Waals surface area contributed by atoms with Gasteiger partial charge in [0.15, 0.2) is 5.96 Å². The van der Waals surface area contributed by atoms with Crippen LogP contribution >= 0.6 is 24.0 Å². The minimum absolute atomic E-state index is 0. The van der Waals surface area contributed by atoms with Crippen LogP contribution in [0, 0.1) is 5.92 Å². The molecule has 5 nitrogen and oxygen atoms in total. The maximum Gasteiger partial charge on any atom is 0.190 e. The fourth-order valence-electron chi connectivity index (χ4n) is 1.78. The van der Waals surface area contributed by atoms with E-state index in [2.05, 4.69) is 34.5 Å². The smallest absolute Gasteiger partial charge is 0.190 e. The van der Waals surface area contributed by atoms with E-state index < -0.39 is 0 Å². The molecule has 0 aromatic carbocycles. The molecule has 1 aromatic heterocycles. The van der Waals surface area contributed by atoms with Crippen LogP contribution in [0.25, 0.3) is 0 Å². The molecular formula is C16H29IN4O. The van der Waals surface area contributed by atoms with E-state index in [0.29, 0.717) is 5.92 Å². The number of aromatic nitrogens is 1. The summed E-state index contributed by atoms with van der Waals surface area (Å²) in [7, 11) is 1.78. The van der Waals surface area contributed by atoms with Crippen molar-refractivity contribution < 1.29 is 4.74 Å². The van der Waals surface area contributed by atoms with E-state index in [0.717, 1.165) is 50.8 Å². The van der Waals surface area contributed by atoms with Gasteiger partial charge in [0.25, 0.3) is 0 Å². The third-order valence-electron chi connectivity index (χ3n) is 2.83. The fraction of sp³-hybridized carbons (Fsp3) is 0.625. The van der Waals surface area contributed by atoms with Gasteiger partial charge in [-0.15, -0.1) is 24.0 Å². The number of pyridine rings is 1. The topological polar surface area (TPSA) is 58.5 Å². The Labute approximate surface area is 151 Å². The summed E-state index contributed by atoms with van der Waals surface area (Å²) in [6, 6.07) is 5.97. The van der Waals surface area contributed by atoms with E-state index in [9.17, 15) is 0 Å². The molecule has 0 fully saturated rings. The van der Waals surface area contributed by atoms with Gasteiger partial charge in [0, 0.05) is 51.7 Å². The van der Waals surface area contributed by atoms with E-state index in [4.69, 9.17) is 4.74 Å². The molecule has 22 heavy (non-hydrogen) atoms. The largest absolute Gasteiger partial charge is 0.381 e. The van der Waals surface area contributed by atoms with Crippen LogP contribution < -0.4 is 10.6 Å². The van der Waals surface area contributed by atoms with Crippen molar-refractivity contribution in [3.05, 3.63) is 30.1 Å². The summed E-state index contributed by atoms with van der Waals surface area (Å²) in [4.78, 5) is 8.49. The van der Waals surface area contributed by atoms with Gasteiger partial charge in [-0.2, -0.15) is 0 Å². The minimum atomic E-state index is 0. The molecule has 0 aliphatic rings. The molecule has 1 aromatic rings. The van der Waals surface area contributed by atoms with Gasteiger partial charge in [-0.05, 0) is 24.5 Å². The quantitative estimate of drug-likeness (QED) is 0.279. The van der Waals surface area contributed by atoms with Crippen LogP contribution in [0.15, 0.2) is 29.4 Å². The number of halogens is 1. The minimum Gasteiger partial charge on any atom is -0.381 e. The van der Waals surface area contributed by atoms with Crippen molar-refractivity contribution >= 4 is 29.9 Å². The molecule has 0 aliphatic carbocycles. The van der Waals surface area contributed by atoms with E-state index in [-0.39, 0.29) is 24.0 Å². The van der Waals surface area contributed by atoms with Gasteiger partial charge in [0.1, 0.15) is 0 Å². The van der Waals surface area contributed by atoms with Crippen molar-refractivity contribution in [2.75, 3.05) is 33.4 Å². The van der Waals surface area contributed by atoms with E-state index in [1.165, 1.54) is 0 Å². The van der Waals surface area contributed by atoms with Crippen LogP contribution in [0.3, 0.4) is 0 Å². The van der Waals surface area contributed by atoms with Crippen LogP contribution in [0.4, 0.5) is 0 Å². The predicted octanol–water partition coefficient (Wildman–Crippen LogP) is 2.47. The predicted molar refractivity (Wildman–Crippen MR) is 103 cm³/mol. The van der Waals surface area contributed by atoms with Crippen molar-refractivity contribution in [3.63, 3.8) is 0 Å². The van der Waals surface area contributed by atoms with Crippen molar-refractivity contribution in [1.82, 2.24) is 15.6 Å². The summed E-state index contributed by atoms with van der Waals surface area (Å²) in [5.41, 5.74) is 1.09. The Morgan fingerprint density at radius 2 is 2.05 bits per heavy atom. The number of aliphatic imine (C=N–C) groups is 1. The zero-order valence-electron chi connectivity index (χ0n) is 13.8. The molecule has 0 saturated carbocycles. The van der Waals surface area contributed by atoms with E-state index in [1.54, 1.807) is 7.05 Å². The van der Waals surface area contributed by atoms with Crippen LogP contribution in [0.2, 0.25) is 0 Å². The zero-order chi connectivity index (χ0) is 15.3. The lowest BCUT2D eigenvalue weighted by Crippen LogP contribution is -2.39. The highest BCUT2D eigenvalue weighted by Gasteiger charge is 1.98. The molecule has 6 heteroatoms. The molecule has 0 saturated heterocycles.